The molecule has 1 aromatic heterocycles. The minimum atomic E-state index is -0.653. The summed E-state index contributed by atoms with van der Waals surface area (Å²) in [5, 5.41) is 13.7. The second kappa shape index (κ2) is 5.25. The molecule has 0 aliphatic rings. The maximum absolute atomic E-state index is 9.83. The van der Waals surface area contributed by atoms with Crippen molar-refractivity contribution in [3.05, 3.63) is 52.9 Å². The Morgan fingerprint density at radius 3 is 2.88 bits per heavy atom. The number of rotatable bonds is 4. The maximum Gasteiger partial charge on any atom is 0.134 e. The lowest BCUT2D eigenvalue weighted by Crippen LogP contribution is -2.12. The van der Waals surface area contributed by atoms with Crippen LogP contribution >= 0.6 is 11.6 Å². The molecule has 1 unspecified atom stereocenters. The molecule has 0 radical (unpaired) electrons. The summed E-state index contributed by atoms with van der Waals surface area (Å²) in [6.45, 7) is 2.36. The van der Waals surface area contributed by atoms with Crippen molar-refractivity contribution in [3.8, 4) is 0 Å². The third kappa shape index (κ3) is 3.02. The summed E-state index contributed by atoms with van der Waals surface area (Å²) < 4.78 is 5.12. The lowest BCUT2D eigenvalue weighted by molar-refractivity contribution is 0.162. The van der Waals surface area contributed by atoms with Crippen molar-refractivity contribution in [3.63, 3.8) is 0 Å². The van der Waals surface area contributed by atoms with E-state index in [2.05, 4.69) is 5.32 Å². The predicted octanol–water partition coefficient (Wildman–Crippen LogP) is 3.39. The number of nitrogens with one attached hydrogen (secondary N) is 1. The van der Waals surface area contributed by atoms with Crippen LogP contribution in [-0.2, 0) is 0 Å². The molecule has 0 aliphatic heterocycles. The Morgan fingerprint density at radius 1 is 1.41 bits per heavy atom. The minimum Gasteiger partial charge on any atom is -0.467 e. The van der Waals surface area contributed by atoms with Crippen LogP contribution in [0, 0.1) is 6.92 Å². The Labute approximate surface area is 105 Å². The minimum absolute atomic E-state index is 0.399. The van der Waals surface area contributed by atoms with Gasteiger partial charge in [-0.1, -0.05) is 11.6 Å². The molecule has 0 bridgehead atoms. The van der Waals surface area contributed by atoms with Gasteiger partial charge in [-0.2, -0.15) is 0 Å². The van der Waals surface area contributed by atoms with E-state index in [4.69, 9.17) is 16.0 Å². The van der Waals surface area contributed by atoms with Crippen molar-refractivity contribution in [1.82, 2.24) is 0 Å². The second-order valence-electron chi connectivity index (χ2n) is 3.87. The van der Waals surface area contributed by atoms with Crippen LogP contribution in [-0.4, -0.2) is 11.7 Å². The summed E-state index contributed by atoms with van der Waals surface area (Å²) in [4.78, 5) is 0. The van der Waals surface area contributed by atoms with Gasteiger partial charge in [0.05, 0.1) is 6.26 Å². The highest BCUT2D eigenvalue weighted by atomic mass is 35.5. The first kappa shape index (κ1) is 12.0. The molecule has 1 heterocycles. The van der Waals surface area contributed by atoms with E-state index in [1.54, 1.807) is 18.4 Å². The molecule has 2 N–H and O–H groups in total. The zero-order chi connectivity index (χ0) is 12.3. The number of hydrogen-bond donors (Lipinski definition) is 2. The Hall–Kier alpha value is -1.45. The molecule has 2 rings (SSSR count). The molecule has 0 saturated heterocycles. The van der Waals surface area contributed by atoms with Crippen LogP contribution < -0.4 is 5.32 Å². The quantitative estimate of drug-likeness (QED) is 0.876. The van der Waals surface area contributed by atoms with Crippen molar-refractivity contribution in [1.29, 1.82) is 0 Å². The fourth-order valence-electron chi connectivity index (χ4n) is 1.61. The first-order chi connectivity index (χ1) is 8.16. The SMILES string of the molecule is Cc1cc(Cl)ccc1NCC(O)c1ccco1. The van der Waals surface area contributed by atoms with Crippen LogP contribution in [0.4, 0.5) is 5.69 Å². The molecule has 17 heavy (non-hydrogen) atoms. The Bertz CT molecular complexity index is 482. The molecule has 0 aliphatic carbocycles. The van der Waals surface area contributed by atoms with Gasteiger partial charge in [0.2, 0.25) is 0 Å². The zero-order valence-electron chi connectivity index (χ0n) is 9.48. The summed E-state index contributed by atoms with van der Waals surface area (Å²) in [7, 11) is 0. The van der Waals surface area contributed by atoms with Crippen molar-refractivity contribution in [2.75, 3.05) is 11.9 Å². The van der Waals surface area contributed by atoms with Gasteiger partial charge in [-0.25, -0.2) is 0 Å². The number of aliphatic hydroxyl groups excluding tert-OH is 1. The van der Waals surface area contributed by atoms with Gasteiger partial charge in [0, 0.05) is 17.3 Å². The molecule has 1 atom stereocenters. The first-order valence-corrected chi connectivity index (χ1v) is 5.76. The van der Waals surface area contributed by atoms with Gasteiger partial charge in [0.15, 0.2) is 0 Å². The van der Waals surface area contributed by atoms with E-state index in [9.17, 15) is 5.11 Å². The maximum atomic E-state index is 9.83. The summed E-state index contributed by atoms with van der Waals surface area (Å²) in [6, 6.07) is 9.10. The number of aliphatic hydroxyl groups is 1. The molecule has 3 nitrogen and oxygen atoms in total. The van der Waals surface area contributed by atoms with Crippen LogP contribution in [0.3, 0.4) is 0 Å². The molecule has 1 aromatic carbocycles. The van der Waals surface area contributed by atoms with E-state index in [-0.39, 0.29) is 0 Å². The van der Waals surface area contributed by atoms with E-state index in [0.717, 1.165) is 11.3 Å². The van der Waals surface area contributed by atoms with Gasteiger partial charge < -0.3 is 14.8 Å². The first-order valence-electron chi connectivity index (χ1n) is 5.38. The fourth-order valence-corrected chi connectivity index (χ4v) is 1.84. The van der Waals surface area contributed by atoms with Crippen LogP contribution in [0.5, 0.6) is 0 Å². The molecule has 0 spiro atoms. The fraction of sp³-hybridized carbons (Fsp3) is 0.231. The van der Waals surface area contributed by atoms with E-state index >= 15 is 0 Å². The third-order valence-corrected chi connectivity index (χ3v) is 2.78. The monoisotopic (exact) mass is 251 g/mol. The lowest BCUT2D eigenvalue weighted by atomic mass is 10.2. The molecule has 0 saturated carbocycles. The zero-order valence-corrected chi connectivity index (χ0v) is 10.2. The number of aryl methyl sites for hydroxylation is 1. The Morgan fingerprint density at radius 2 is 2.24 bits per heavy atom. The van der Waals surface area contributed by atoms with Gasteiger partial charge in [-0.05, 0) is 42.8 Å². The lowest BCUT2D eigenvalue weighted by Gasteiger charge is -2.12. The molecular weight excluding hydrogens is 238 g/mol. The van der Waals surface area contributed by atoms with Crippen LogP contribution in [0.2, 0.25) is 5.02 Å². The summed E-state index contributed by atoms with van der Waals surface area (Å²) >= 11 is 5.87. The van der Waals surface area contributed by atoms with Gasteiger partial charge in [-0.3, -0.25) is 0 Å². The normalized spacial score (nSPS) is 12.4. The average molecular weight is 252 g/mol. The second-order valence-corrected chi connectivity index (χ2v) is 4.31. The van der Waals surface area contributed by atoms with Gasteiger partial charge >= 0.3 is 0 Å². The van der Waals surface area contributed by atoms with Gasteiger partial charge in [-0.15, -0.1) is 0 Å². The number of furan rings is 1. The van der Waals surface area contributed by atoms with Crippen molar-refractivity contribution in [2.24, 2.45) is 0 Å². The molecule has 90 valence electrons. The number of anilines is 1. The topological polar surface area (TPSA) is 45.4 Å². The van der Waals surface area contributed by atoms with Crippen LogP contribution in [0.15, 0.2) is 41.0 Å². The van der Waals surface area contributed by atoms with E-state index in [1.165, 1.54) is 0 Å². The molecule has 2 aromatic rings. The van der Waals surface area contributed by atoms with Crippen molar-refractivity contribution < 1.29 is 9.52 Å². The number of benzene rings is 1. The van der Waals surface area contributed by atoms with Gasteiger partial charge in [0.1, 0.15) is 11.9 Å². The van der Waals surface area contributed by atoms with Crippen molar-refractivity contribution in [2.45, 2.75) is 13.0 Å². The predicted molar refractivity (Wildman–Crippen MR) is 68.3 cm³/mol. The summed E-state index contributed by atoms with van der Waals surface area (Å²) in [5.74, 6) is 0.559. The number of halogens is 1. The Balaban J connectivity index is 1.98. The highest BCUT2D eigenvalue weighted by Gasteiger charge is 2.10. The third-order valence-electron chi connectivity index (χ3n) is 2.55. The highest BCUT2D eigenvalue weighted by Crippen LogP contribution is 2.21. The average Bonchev–Trinajstić information content (AvgIpc) is 2.81. The molecule has 4 heteroatoms. The van der Waals surface area contributed by atoms with Crippen LogP contribution in [0.25, 0.3) is 0 Å². The number of hydrogen-bond acceptors (Lipinski definition) is 3. The Kier molecular flexibility index (Phi) is 3.71. The van der Waals surface area contributed by atoms with Gasteiger partial charge in [0.25, 0.3) is 0 Å². The van der Waals surface area contributed by atoms with E-state index in [0.29, 0.717) is 17.3 Å². The largest absolute Gasteiger partial charge is 0.467 e. The standard InChI is InChI=1S/C13H14ClNO2/c1-9-7-10(14)4-5-11(9)15-8-12(16)13-3-2-6-17-13/h2-7,12,15-16H,8H2,1H3. The van der Waals surface area contributed by atoms with Crippen LogP contribution in [0.1, 0.15) is 17.4 Å². The smallest absolute Gasteiger partial charge is 0.134 e. The molecule has 0 amide bonds. The van der Waals surface area contributed by atoms with E-state index < -0.39 is 6.10 Å². The van der Waals surface area contributed by atoms with Crippen molar-refractivity contribution >= 4 is 17.3 Å². The summed E-state index contributed by atoms with van der Waals surface area (Å²) in [5.41, 5.74) is 2.00. The van der Waals surface area contributed by atoms with E-state index in [1.807, 2.05) is 25.1 Å². The molecule has 0 fully saturated rings. The highest BCUT2D eigenvalue weighted by molar-refractivity contribution is 6.30. The molecular formula is C13H14ClNO2. The summed E-state index contributed by atoms with van der Waals surface area (Å²) in [6.07, 6.45) is 0.895.